The average Bonchev–Trinajstić information content (AvgIpc) is 3.03. The molecule has 2 aromatic heterocycles. The number of hydrogen-bond acceptors (Lipinski definition) is 6. The molecule has 0 unspecified atom stereocenters. The molecule has 136 valence electrons. The first kappa shape index (κ1) is 18.3. The number of aromatic nitrogens is 2. The Bertz CT molecular complexity index is 975. The van der Waals surface area contributed by atoms with Crippen LogP contribution in [0.4, 0.5) is 14.5 Å². The summed E-state index contributed by atoms with van der Waals surface area (Å²) in [5.74, 6) is 0.217. The minimum atomic E-state index is -2.92. The summed E-state index contributed by atoms with van der Waals surface area (Å²) in [7, 11) is 0. The van der Waals surface area contributed by atoms with Gasteiger partial charge < -0.3 is 10.1 Å². The molecular formula is C16H13F2N3O3S2. The lowest BCUT2D eigenvalue weighted by molar-refractivity contribution is -0.113. The highest BCUT2D eigenvalue weighted by atomic mass is 32.2. The highest BCUT2D eigenvalue weighted by Crippen LogP contribution is 2.20. The number of ether oxygens (including phenoxy) is 1. The van der Waals surface area contributed by atoms with Crippen molar-refractivity contribution in [2.75, 3.05) is 11.1 Å². The van der Waals surface area contributed by atoms with Gasteiger partial charge in [0.25, 0.3) is 5.56 Å². The van der Waals surface area contributed by atoms with Crippen LogP contribution < -0.4 is 15.6 Å². The van der Waals surface area contributed by atoms with Crippen molar-refractivity contribution in [3.05, 3.63) is 58.0 Å². The van der Waals surface area contributed by atoms with Crippen molar-refractivity contribution >= 4 is 39.7 Å². The fourth-order valence-corrected chi connectivity index (χ4v) is 3.61. The predicted molar refractivity (Wildman–Crippen MR) is 97.2 cm³/mol. The maximum atomic E-state index is 12.2. The molecule has 0 aliphatic carbocycles. The number of alkyl halides is 2. The number of nitrogens with zero attached hydrogens (tertiary/aromatic N) is 2. The fraction of sp³-hybridized carbons (Fsp3) is 0.188. The van der Waals surface area contributed by atoms with E-state index in [2.05, 4.69) is 15.0 Å². The molecule has 6 nitrogen and oxygen atoms in total. The summed E-state index contributed by atoms with van der Waals surface area (Å²) in [6.07, 6.45) is 1.66. The normalized spacial score (nSPS) is 11.0. The summed E-state index contributed by atoms with van der Waals surface area (Å²) >= 11 is 2.66. The van der Waals surface area contributed by atoms with Gasteiger partial charge in [-0.3, -0.25) is 14.0 Å². The second kappa shape index (κ2) is 8.28. The molecule has 10 heteroatoms. The van der Waals surface area contributed by atoms with E-state index in [1.807, 2.05) is 0 Å². The standard InChI is InChI=1S/C16H13F2N3O3S2/c17-15(18)24-12-3-1-2-10(6-12)19-13(22)9-25-8-11-7-14(23)21-4-5-26-16(21)20-11/h1-7,15H,8-9H2,(H,19,22). The number of benzene rings is 1. The number of carbonyl (C=O) groups excluding carboxylic acids is 1. The summed E-state index contributed by atoms with van der Waals surface area (Å²) in [5.41, 5.74) is 0.805. The lowest BCUT2D eigenvalue weighted by atomic mass is 10.3. The van der Waals surface area contributed by atoms with Crippen LogP contribution in [0, 0.1) is 0 Å². The maximum Gasteiger partial charge on any atom is 0.387 e. The second-order valence-corrected chi connectivity index (χ2v) is 6.95. The number of amides is 1. The van der Waals surface area contributed by atoms with Gasteiger partial charge in [0.15, 0.2) is 4.96 Å². The molecule has 0 bridgehead atoms. The Kier molecular flexibility index (Phi) is 5.84. The van der Waals surface area contributed by atoms with Crippen LogP contribution in [0.1, 0.15) is 5.69 Å². The van der Waals surface area contributed by atoms with Crippen LogP contribution in [-0.2, 0) is 10.5 Å². The molecule has 0 aliphatic heterocycles. The molecule has 0 atom stereocenters. The van der Waals surface area contributed by atoms with Gasteiger partial charge in [-0.15, -0.1) is 23.1 Å². The van der Waals surface area contributed by atoms with Crippen molar-refractivity contribution in [2.24, 2.45) is 0 Å². The lowest BCUT2D eigenvalue weighted by Crippen LogP contribution is -2.15. The van der Waals surface area contributed by atoms with Gasteiger partial charge in [0.05, 0.1) is 11.4 Å². The Hall–Kier alpha value is -2.46. The number of rotatable bonds is 7. The van der Waals surface area contributed by atoms with Crippen molar-refractivity contribution in [1.82, 2.24) is 9.38 Å². The van der Waals surface area contributed by atoms with E-state index in [0.717, 1.165) is 0 Å². The van der Waals surface area contributed by atoms with Crippen molar-refractivity contribution < 1.29 is 18.3 Å². The Morgan fingerprint density at radius 1 is 1.38 bits per heavy atom. The quantitative estimate of drug-likeness (QED) is 0.663. The summed E-state index contributed by atoms with van der Waals surface area (Å²) in [6.45, 7) is -2.92. The number of fused-ring (bicyclic) bond motifs is 1. The number of hydrogen-bond donors (Lipinski definition) is 1. The van der Waals surface area contributed by atoms with Gasteiger partial charge in [0, 0.05) is 35.1 Å². The molecule has 3 rings (SSSR count). The third-order valence-electron chi connectivity index (χ3n) is 3.18. The van der Waals surface area contributed by atoms with Crippen molar-refractivity contribution in [3.8, 4) is 5.75 Å². The Morgan fingerprint density at radius 2 is 2.23 bits per heavy atom. The number of nitrogens with one attached hydrogen (secondary N) is 1. The molecule has 0 spiro atoms. The lowest BCUT2D eigenvalue weighted by Gasteiger charge is -2.08. The van der Waals surface area contributed by atoms with Gasteiger partial charge in [-0.25, -0.2) is 4.98 Å². The van der Waals surface area contributed by atoms with E-state index in [0.29, 0.717) is 22.1 Å². The summed E-state index contributed by atoms with van der Waals surface area (Å²) < 4.78 is 30.2. The van der Waals surface area contributed by atoms with Gasteiger partial charge in [-0.1, -0.05) is 6.07 Å². The minimum Gasteiger partial charge on any atom is -0.435 e. The minimum absolute atomic E-state index is 0.0284. The van der Waals surface area contributed by atoms with E-state index < -0.39 is 6.61 Å². The highest BCUT2D eigenvalue weighted by molar-refractivity contribution is 7.99. The van der Waals surface area contributed by atoms with E-state index in [1.165, 1.54) is 51.8 Å². The predicted octanol–water partition coefficient (Wildman–Crippen LogP) is 3.23. The van der Waals surface area contributed by atoms with Crippen molar-refractivity contribution in [2.45, 2.75) is 12.4 Å². The van der Waals surface area contributed by atoms with E-state index in [4.69, 9.17) is 0 Å². The van der Waals surface area contributed by atoms with Gasteiger partial charge in [0.1, 0.15) is 5.75 Å². The second-order valence-electron chi connectivity index (χ2n) is 5.09. The molecule has 2 heterocycles. The summed E-state index contributed by atoms with van der Waals surface area (Å²) in [4.78, 5) is 28.8. The first-order chi connectivity index (χ1) is 12.5. The third-order valence-corrected chi connectivity index (χ3v) is 4.91. The smallest absolute Gasteiger partial charge is 0.387 e. The summed E-state index contributed by atoms with van der Waals surface area (Å²) in [6, 6.07) is 7.22. The molecule has 0 fully saturated rings. The Morgan fingerprint density at radius 3 is 3.04 bits per heavy atom. The summed E-state index contributed by atoms with van der Waals surface area (Å²) in [5, 5.41) is 4.39. The topological polar surface area (TPSA) is 72.7 Å². The molecule has 0 saturated carbocycles. The van der Waals surface area contributed by atoms with Crippen molar-refractivity contribution in [3.63, 3.8) is 0 Å². The molecule has 0 radical (unpaired) electrons. The highest BCUT2D eigenvalue weighted by Gasteiger charge is 2.08. The molecule has 26 heavy (non-hydrogen) atoms. The van der Waals surface area contributed by atoms with Gasteiger partial charge >= 0.3 is 6.61 Å². The van der Waals surface area contributed by atoms with Gasteiger partial charge in [0.2, 0.25) is 5.91 Å². The first-order valence-corrected chi connectivity index (χ1v) is 9.43. The number of carbonyl (C=O) groups is 1. The fourth-order valence-electron chi connectivity index (χ4n) is 2.16. The SMILES string of the molecule is O=C(CSCc1cc(=O)n2ccsc2n1)Nc1cccc(OC(F)F)c1. The van der Waals surface area contributed by atoms with Gasteiger partial charge in [-0.2, -0.15) is 8.78 Å². The first-order valence-electron chi connectivity index (χ1n) is 7.39. The zero-order valence-corrected chi connectivity index (χ0v) is 14.9. The molecular weight excluding hydrogens is 384 g/mol. The average molecular weight is 397 g/mol. The molecule has 0 aliphatic rings. The third kappa shape index (κ3) is 4.79. The number of thioether (sulfide) groups is 1. The van der Waals surface area contributed by atoms with Crippen molar-refractivity contribution in [1.29, 1.82) is 0 Å². The van der Waals surface area contributed by atoms with Crippen LogP contribution >= 0.6 is 23.1 Å². The van der Waals surface area contributed by atoms with E-state index in [-0.39, 0.29) is 23.0 Å². The van der Waals surface area contributed by atoms with Crippen LogP contribution in [0.25, 0.3) is 4.96 Å². The number of halogens is 2. The molecule has 0 saturated heterocycles. The van der Waals surface area contributed by atoms with Crippen LogP contribution in [0.15, 0.2) is 46.7 Å². The van der Waals surface area contributed by atoms with Crippen LogP contribution in [0.2, 0.25) is 0 Å². The zero-order valence-electron chi connectivity index (χ0n) is 13.2. The van der Waals surface area contributed by atoms with E-state index in [1.54, 1.807) is 17.6 Å². The maximum absolute atomic E-state index is 12.2. The number of thiazole rings is 1. The molecule has 1 N–H and O–H groups in total. The monoisotopic (exact) mass is 397 g/mol. The largest absolute Gasteiger partial charge is 0.435 e. The van der Waals surface area contributed by atoms with Crippen LogP contribution in [-0.4, -0.2) is 27.7 Å². The number of anilines is 1. The Balaban J connectivity index is 1.53. The molecule has 1 amide bonds. The van der Waals surface area contributed by atoms with Crippen LogP contribution in [0.3, 0.4) is 0 Å². The molecule has 1 aromatic carbocycles. The van der Waals surface area contributed by atoms with Crippen LogP contribution in [0.5, 0.6) is 5.75 Å². The van der Waals surface area contributed by atoms with E-state index >= 15 is 0 Å². The molecule has 3 aromatic rings. The van der Waals surface area contributed by atoms with Gasteiger partial charge in [-0.05, 0) is 12.1 Å². The zero-order chi connectivity index (χ0) is 18.5. The van der Waals surface area contributed by atoms with E-state index in [9.17, 15) is 18.4 Å². The Labute approximate surface area is 154 Å².